The number of aliphatic hydroxyl groups is 1. The normalized spacial score (nSPS) is 11.9. The average molecular weight is 213 g/mol. The van der Waals surface area contributed by atoms with Crippen LogP contribution in [-0.2, 0) is 9.53 Å². The van der Waals surface area contributed by atoms with E-state index in [9.17, 15) is 9.59 Å². The highest BCUT2D eigenvalue weighted by Crippen LogP contribution is 1.90. The lowest BCUT2D eigenvalue weighted by molar-refractivity contribution is -0.143. The summed E-state index contributed by atoms with van der Waals surface area (Å²) < 4.78 is 5.53. The van der Waals surface area contributed by atoms with Gasteiger partial charge in [-0.2, -0.15) is 0 Å². The zero-order valence-corrected chi connectivity index (χ0v) is 8.08. The van der Waals surface area contributed by atoms with Crippen molar-refractivity contribution in [3.05, 3.63) is 18.7 Å². The Bertz CT molecular complexity index is 336. The van der Waals surface area contributed by atoms with Crippen molar-refractivity contribution in [1.29, 1.82) is 0 Å². The molecule has 1 aromatic rings. The molecule has 1 rings (SSSR count). The Balaban J connectivity index is 2.60. The number of esters is 1. The number of carbonyl (C=O) groups is 2. The molecule has 0 spiro atoms. The minimum Gasteiger partial charge on any atom is -0.467 e. The minimum absolute atomic E-state index is 0.521. The van der Waals surface area contributed by atoms with E-state index >= 15 is 0 Å². The molecular formula is C8H11N3O4. The fraction of sp³-hybridized carbons (Fsp3) is 0.375. The maximum atomic E-state index is 11.4. The van der Waals surface area contributed by atoms with E-state index in [0.29, 0.717) is 0 Å². The molecule has 0 saturated carbocycles. The summed E-state index contributed by atoms with van der Waals surface area (Å²) in [7, 11) is 1.17. The molecule has 0 aliphatic heterocycles. The van der Waals surface area contributed by atoms with E-state index in [4.69, 9.17) is 5.11 Å². The Kier molecular flexibility index (Phi) is 3.81. The van der Waals surface area contributed by atoms with Gasteiger partial charge in [0.25, 0.3) is 0 Å². The van der Waals surface area contributed by atoms with Crippen molar-refractivity contribution >= 4 is 12.0 Å². The third-order valence-corrected chi connectivity index (χ3v) is 1.70. The van der Waals surface area contributed by atoms with Gasteiger partial charge >= 0.3 is 12.0 Å². The number of aliphatic hydroxyl groups excluding tert-OH is 1. The number of hydrogen-bond acceptors (Lipinski definition) is 5. The van der Waals surface area contributed by atoms with E-state index in [1.165, 1.54) is 25.8 Å². The predicted octanol–water partition coefficient (Wildman–Crippen LogP) is -1.03. The summed E-state index contributed by atoms with van der Waals surface area (Å²) in [5.74, 6) is -0.703. The van der Waals surface area contributed by atoms with E-state index in [1.807, 2.05) is 0 Å². The van der Waals surface area contributed by atoms with Gasteiger partial charge in [0.15, 0.2) is 6.04 Å². The summed E-state index contributed by atoms with van der Waals surface area (Å²) in [5, 5.41) is 11.1. The van der Waals surface area contributed by atoms with E-state index in [1.54, 1.807) is 0 Å². The lowest BCUT2D eigenvalue weighted by Crippen LogP contribution is -2.45. The first-order valence-electron chi connectivity index (χ1n) is 4.16. The molecule has 7 nitrogen and oxygen atoms in total. The first-order chi connectivity index (χ1) is 7.19. The number of imidazole rings is 1. The molecule has 0 aromatic carbocycles. The van der Waals surface area contributed by atoms with Crippen LogP contribution in [0.5, 0.6) is 0 Å². The Morgan fingerprint density at radius 3 is 2.87 bits per heavy atom. The zero-order chi connectivity index (χ0) is 11.3. The predicted molar refractivity (Wildman–Crippen MR) is 49.0 cm³/mol. The minimum atomic E-state index is -1.06. The van der Waals surface area contributed by atoms with Crippen molar-refractivity contribution in [2.45, 2.75) is 6.04 Å². The topological polar surface area (TPSA) is 93.5 Å². The van der Waals surface area contributed by atoms with Gasteiger partial charge in [0.2, 0.25) is 0 Å². The zero-order valence-electron chi connectivity index (χ0n) is 8.08. The van der Waals surface area contributed by atoms with Crippen LogP contribution in [0.3, 0.4) is 0 Å². The van der Waals surface area contributed by atoms with E-state index in [-0.39, 0.29) is 0 Å². The quantitative estimate of drug-likeness (QED) is 0.626. The molecule has 1 atom stereocenters. The number of methoxy groups -OCH3 is 1. The van der Waals surface area contributed by atoms with Crippen LogP contribution in [-0.4, -0.2) is 46.4 Å². The van der Waals surface area contributed by atoms with E-state index < -0.39 is 24.6 Å². The van der Waals surface area contributed by atoms with Crippen molar-refractivity contribution in [2.75, 3.05) is 13.7 Å². The van der Waals surface area contributed by atoms with Gasteiger partial charge in [-0.05, 0) is 0 Å². The van der Waals surface area contributed by atoms with Crippen LogP contribution in [0.1, 0.15) is 0 Å². The van der Waals surface area contributed by atoms with Gasteiger partial charge in [0, 0.05) is 12.4 Å². The maximum Gasteiger partial charge on any atom is 0.330 e. The van der Waals surface area contributed by atoms with Gasteiger partial charge in [-0.15, -0.1) is 0 Å². The average Bonchev–Trinajstić information content (AvgIpc) is 2.77. The highest BCUT2D eigenvalue weighted by molar-refractivity contribution is 5.84. The number of ether oxygens (including phenoxy) is 1. The van der Waals surface area contributed by atoms with E-state index in [0.717, 1.165) is 4.57 Å². The molecule has 7 heteroatoms. The molecule has 0 radical (unpaired) electrons. The van der Waals surface area contributed by atoms with Crippen LogP contribution >= 0.6 is 0 Å². The number of hydrogen-bond donors (Lipinski definition) is 2. The van der Waals surface area contributed by atoms with Gasteiger partial charge in [0.1, 0.15) is 6.33 Å². The van der Waals surface area contributed by atoms with Crippen molar-refractivity contribution in [3.63, 3.8) is 0 Å². The largest absolute Gasteiger partial charge is 0.467 e. The molecule has 1 aromatic heterocycles. The fourth-order valence-corrected chi connectivity index (χ4v) is 0.924. The summed E-state index contributed by atoms with van der Waals surface area (Å²) in [4.78, 5) is 26.1. The number of nitrogens with zero attached hydrogens (tertiary/aromatic N) is 2. The molecule has 0 aliphatic carbocycles. The van der Waals surface area contributed by atoms with Gasteiger partial charge < -0.3 is 15.2 Å². The SMILES string of the molecule is COC(=O)C(CO)NC(=O)n1ccnc1. The third-order valence-electron chi connectivity index (χ3n) is 1.70. The molecule has 82 valence electrons. The van der Waals surface area contributed by atoms with Gasteiger partial charge in [-0.1, -0.05) is 0 Å². The van der Waals surface area contributed by atoms with Crippen molar-refractivity contribution in [2.24, 2.45) is 0 Å². The molecule has 1 unspecified atom stereocenters. The Labute approximate surface area is 85.7 Å². The summed E-state index contributed by atoms with van der Waals surface area (Å²) in [6, 6.07) is -1.62. The van der Waals surface area contributed by atoms with Crippen LogP contribution in [0.4, 0.5) is 4.79 Å². The summed E-state index contributed by atoms with van der Waals surface area (Å²) >= 11 is 0. The maximum absolute atomic E-state index is 11.4. The molecule has 1 amide bonds. The number of nitrogens with one attached hydrogen (secondary N) is 1. The second-order valence-electron chi connectivity index (χ2n) is 2.68. The van der Waals surface area contributed by atoms with Crippen LogP contribution < -0.4 is 5.32 Å². The molecule has 2 N–H and O–H groups in total. The van der Waals surface area contributed by atoms with Crippen molar-refractivity contribution in [3.8, 4) is 0 Å². The van der Waals surface area contributed by atoms with Gasteiger partial charge in [-0.3, -0.25) is 4.57 Å². The lowest BCUT2D eigenvalue weighted by atomic mass is 10.3. The van der Waals surface area contributed by atoms with E-state index in [2.05, 4.69) is 15.0 Å². The number of amides is 1. The van der Waals surface area contributed by atoms with Crippen LogP contribution in [0.15, 0.2) is 18.7 Å². The summed E-state index contributed by atoms with van der Waals surface area (Å²) in [6.45, 7) is -0.521. The Morgan fingerprint density at radius 2 is 2.40 bits per heavy atom. The third kappa shape index (κ3) is 2.78. The highest BCUT2D eigenvalue weighted by atomic mass is 16.5. The Morgan fingerprint density at radius 1 is 1.67 bits per heavy atom. The molecule has 0 aliphatic rings. The number of rotatable bonds is 3. The summed E-state index contributed by atoms with van der Waals surface area (Å²) in [5.41, 5.74) is 0. The Hall–Kier alpha value is -1.89. The van der Waals surface area contributed by atoms with Crippen LogP contribution in [0, 0.1) is 0 Å². The molecule has 15 heavy (non-hydrogen) atoms. The second-order valence-corrected chi connectivity index (χ2v) is 2.68. The van der Waals surface area contributed by atoms with Crippen molar-refractivity contribution in [1.82, 2.24) is 14.9 Å². The molecular weight excluding hydrogens is 202 g/mol. The standard InChI is InChI=1S/C8H11N3O4/c1-15-7(13)6(4-12)10-8(14)11-3-2-9-5-11/h2-3,5-6,12H,4H2,1H3,(H,10,14). The molecule has 0 saturated heterocycles. The molecule has 1 heterocycles. The second kappa shape index (κ2) is 5.11. The van der Waals surface area contributed by atoms with Crippen LogP contribution in [0.25, 0.3) is 0 Å². The highest BCUT2D eigenvalue weighted by Gasteiger charge is 2.20. The molecule has 0 bridgehead atoms. The van der Waals surface area contributed by atoms with Crippen molar-refractivity contribution < 1.29 is 19.4 Å². The lowest BCUT2D eigenvalue weighted by Gasteiger charge is -2.13. The number of carbonyl (C=O) groups excluding carboxylic acids is 2. The van der Waals surface area contributed by atoms with Crippen LogP contribution in [0.2, 0.25) is 0 Å². The monoisotopic (exact) mass is 213 g/mol. The summed E-state index contributed by atoms with van der Waals surface area (Å²) in [6.07, 6.45) is 4.12. The first-order valence-corrected chi connectivity index (χ1v) is 4.16. The number of aromatic nitrogens is 2. The fourth-order valence-electron chi connectivity index (χ4n) is 0.924. The van der Waals surface area contributed by atoms with Gasteiger partial charge in [-0.25, -0.2) is 14.6 Å². The molecule has 0 fully saturated rings. The van der Waals surface area contributed by atoms with Gasteiger partial charge in [0.05, 0.1) is 13.7 Å². The first kappa shape index (κ1) is 11.2. The smallest absolute Gasteiger partial charge is 0.330 e.